The van der Waals surface area contributed by atoms with Crippen molar-refractivity contribution in [2.75, 3.05) is 0 Å². The lowest BCUT2D eigenvalue weighted by Crippen LogP contribution is -2.42. The molecular formula is C18H19N3O3S. The molecule has 2 aromatic heterocycles. The molecule has 7 heteroatoms. The Morgan fingerprint density at radius 1 is 1.20 bits per heavy atom. The van der Waals surface area contributed by atoms with E-state index in [1.54, 1.807) is 23.6 Å². The number of nitrogens with zero attached hydrogens (tertiary/aromatic N) is 2. The highest BCUT2D eigenvalue weighted by Crippen LogP contribution is 2.17. The summed E-state index contributed by atoms with van der Waals surface area (Å²) in [5.41, 5.74) is 0.972. The number of aromatic nitrogens is 2. The van der Waals surface area contributed by atoms with Gasteiger partial charge < -0.3 is 5.32 Å². The van der Waals surface area contributed by atoms with Gasteiger partial charge in [-0.2, -0.15) is 0 Å². The number of carbonyl (C=O) groups excluding carboxylic acids is 1. The van der Waals surface area contributed by atoms with E-state index >= 15 is 0 Å². The molecule has 0 aliphatic heterocycles. The maximum Gasteiger partial charge on any atom is 0.336 e. The van der Waals surface area contributed by atoms with Crippen molar-refractivity contribution in [2.24, 2.45) is 0 Å². The van der Waals surface area contributed by atoms with E-state index < -0.39 is 5.69 Å². The van der Waals surface area contributed by atoms with Gasteiger partial charge in [0, 0.05) is 6.04 Å². The van der Waals surface area contributed by atoms with E-state index in [0.29, 0.717) is 15.9 Å². The van der Waals surface area contributed by atoms with Crippen LogP contribution >= 0.6 is 11.3 Å². The Kier molecular flexibility index (Phi) is 4.59. The molecule has 3 rings (SSSR count). The van der Waals surface area contributed by atoms with Crippen LogP contribution in [0.5, 0.6) is 0 Å². The summed E-state index contributed by atoms with van der Waals surface area (Å²) in [6.07, 6.45) is 0. The molecule has 0 aliphatic carbocycles. The zero-order chi connectivity index (χ0) is 18.1. The average Bonchev–Trinajstić information content (AvgIpc) is 3.02. The van der Waals surface area contributed by atoms with Gasteiger partial charge in [-0.15, -0.1) is 11.3 Å². The molecule has 0 saturated heterocycles. The predicted molar refractivity (Wildman–Crippen MR) is 99.7 cm³/mol. The quantitative estimate of drug-likeness (QED) is 0.777. The summed E-state index contributed by atoms with van der Waals surface area (Å²) in [6.45, 7) is 5.43. The van der Waals surface area contributed by atoms with E-state index in [2.05, 4.69) is 5.32 Å². The number of hydrogen-bond acceptors (Lipinski definition) is 4. The average molecular weight is 357 g/mol. The van der Waals surface area contributed by atoms with Gasteiger partial charge in [-0.1, -0.05) is 18.2 Å². The largest absolute Gasteiger partial charge is 0.352 e. The minimum Gasteiger partial charge on any atom is -0.352 e. The van der Waals surface area contributed by atoms with Gasteiger partial charge in [0.25, 0.3) is 5.56 Å². The molecule has 0 saturated carbocycles. The predicted octanol–water partition coefficient (Wildman–Crippen LogP) is 2.05. The van der Waals surface area contributed by atoms with E-state index in [1.807, 2.05) is 32.9 Å². The fourth-order valence-corrected chi connectivity index (χ4v) is 3.60. The van der Waals surface area contributed by atoms with Crippen LogP contribution in [0.4, 0.5) is 0 Å². The van der Waals surface area contributed by atoms with Gasteiger partial charge >= 0.3 is 5.69 Å². The van der Waals surface area contributed by atoms with Crippen LogP contribution in [0.15, 0.2) is 45.3 Å². The molecule has 0 atom stereocenters. The zero-order valence-electron chi connectivity index (χ0n) is 14.3. The number of carbonyl (C=O) groups is 1. The van der Waals surface area contributed by atoms with E-state index in [9.17, 15) is 14.4 Å². The molecule has 0 unspecified atom stereocenters. The molecule has 3 aromatic rings. The van der Waals surface area contributed by atoms with E-state index in [-0.39, 0.29) is 24.1 Å². The van der Waals surface area contributed by atoms with Crippen molar-refractivity contribution < 1.29 is 4.79 Å². The molecule has 0 bridgehead atoms. The van der Waals surface area contributed by atoms with Gasteiger partial charge in [-0.05, 0) is 43.8 Å². The van der Waals surface area contributed by atoms with Crippen LogP contribution in [0, 0.1) is 6.92 Å². The Hall–Kier alpha value is -2.67. The second kappa shape index (κ2) is 6.68. The lowest BCUT2D eigenvalue weighted by molar-refractivity contribution is -0.122. The fraction of sp³-hybridized carbons (Fsp3) is 0.278. The van der Waals surface area contributed by atoms with Gasteiger partial charge in [0.2, 0.25) is 5.91 Å². The molecule has 1 aromatic carbocycles. The molecule has 1 N–H and O–H groups in total. The summed E-state index contributed by atoms with van der Waals surface area (Å²) in [4.78, 5) is 38.1. The maximum absolute atomic E-state index is 13.0. The number of hydrogen-bond donors (Lipinski definition) is 1. The highest BCUT2D eigenvalue weighted by Gasteiger charge is 2.18. The summed E-state index contributed by atoms with van der Waals surface area (Å²) in [7, 11) is 0. The highest BCUT2D eigenvalue weighted by molar-refractivity contribution is 7.17. The maximum atomic E-state index is 13.0. The normalized spacial score (nSPS) is 11.2. The number of fused-ring (bicyclic) bond motifs is 1. The Morgan fingerprint density at radius 3 is 2.60 bits per heavy atom. The SMILES string of the molecule is Cc1ccccc1-n1c(=O)c2sccc2n(CC(=O)NC(C)C)c1=O. The lowest BCUT2D eigenvalue weighted by Gasteiger charge is -2.14. The number of rotatable bonds is 4. The topological polar surface area (TPSA) is 73.1 Å². The van der Waals surface area contributed by atoms with Gasteiger partial charge in [-0.25, -0.2) is 9.36 Å². The summed E-state index contributed by atoms with van der Waals surface area (Å²) in [6, 6.07) is 8.88. The number of amides is 1. The molecule has 0 radical (unpaired) electrons. The number of benzene rings is 1. The van der Waals surface area contributed by atoms with Crippen LogP contribution in [0.2, 0.25) is 0 Å². The molecule has 2 heterocycles. The minimum atomic E-state index is -0.510. The molecule has 0 aliphatic rings. The van der Waals surface area contributed by atoms with Gasteiger partial charge in [0.1, 0.15) is 11.2 Å². The van der Waals surface area contributed by atoms with Gasteiger partial charge in [0.15, 0.2) is 0 Å². The molecule has 0 spiro atoms. The number of nitrogens with one attached hydrogen (secondary N) is 1. The third kappa shape index (κ3) is 3.15. The summed E-state index contributed by atoms with van der Waals surface area (Å²) < 4.78 is 2.97. The van der Waals surface area contributed by atoms with Crippen molar-refractivity contribution in [3.05, 3.63) is 62.1 Å². The molecule has 0 fully saturated rings. The third-order valence-electron chi connectivity index (χ3n) is 3.86. The monoisotopic (exact) mass is 357 g/mol. The molecular weight excluding hydrogens is 338 g/mol. The van der Waals surface area contributed by atoms with Crippen LogP contribution in [-0.4, -0.2) is 21.1 Å². The highest BCUT2D eigenvalue weighted by atomic mass is 32.1. The van der Waals surface area contributed by atoms with Gasteiger partial charge in [0.05, 0.1) is 11.2 Å². The van der Waals surface area contributed by atoms with E-state index in [0.717, 1.165) is 10.1 Å². The molecule has 6 nitrogen and oxygen atoms in total. The van der Waals surface area contributed by atoms with Gasteiger partial charge in [-0.3, -0.25) is 14.2 Å². The standard InChI is InChI=1S/C18H19N3O3S/c1-11(2)19-15(22)10-20-14-8-9-25-16(14)17(23)21(18(20)24)13-7-5-4-6-12(13)3/h4-9,11H,10H2,1-3H3,(H,19,22). The Balaban J connectivity index is 2.26. The van der Waals surface area contributed by atoms with Crippen molar-refractivity contribution in [3.8, 4) is 5.69 Å². The Bertz CT molecular complexity index is 1060. The van der Waals surface area contributed by atoms with Crippen LogP contribution in [0.1, 0.15) is 19.4 Å². The first-order chi connectivity index (χ1) is 11.9. The smallest absolute Gasteiger partial charge is 0.336 e. The van der Waals surface area contributed by atoms with Crippen molar-refractivity contribution in [2.45, 2.75) is 33.4 Å². The van der Waals surface area contributed by atoms with Crippen molar-refractivity contribution in [1.29, 1.82) is 0 Å². The first kappa shape index (κ1) is 17.2. The number of para-hydroxylation sites is 1. The van der Waals surface area contributed by atoms with E-state index in [1.165, 1.54) is 15.9 Å². The summed E-state index contributed by atoms with van der Waals surface area (Å²) in [5.74, 6) is -0.264. The van der Waals surface area contributed by atoms with Crippen LogP contribution in [-0.2, 0) is 11.3 Å². The second-order valence-electron chi connectivity index (χ2n) is 6.15. The fourth-order valence-electron chi connectivity index (χ4n) is 2.78. The number of aryl methyl sites for hydroxylation is 1. The van der Waals surface area contributed by atoms with Crippen LogP contribution < -0.4 is 16.6 Å². The minimum absolute atomic E-state index is 0.0246. The molecule has 25 heavy (non-hydrogen) atoms. The van der Waals surface area contributed by atoms with E-state index in [4.69, 9.17) is 0 Å². The third-order valence-corrected chi connectivity index (χ3v) is 4.75. The zero-order valence-corrected chi connectivity index (χ0v) is 15.1. The molecule has 130 valence electrons. The molecule has 1 amide bonds. The van der Waals surface area contributed by atoms with Crippen LogP contribution in [0.3, 0.4) is 0 Å². The Morgan fingerprint density at radius 2 is 1.92 bits per heavy atom. The van der Waals surface area contributed by atoms with Crippen LogP contribution in [0.25, 0.3) is 15.9 Å². The second-order valence-corrected chi connectivity index (χ2v) is 7.07. The Labute approximate surface area is 148 Å². The van der Waals surface area contributed by atoms with Crippen molar-refractivity contribution in [3.63, 3.8) is 0 Å². The lowest BCUT2D eigenvalue weighted by atomic mass is 10.2. The first-order valence-corrected chi connectivity index (χ1v) is 8.86. The summed E-state index contributed by atoms with van der Waals surface area (Å²) >= 11 is 1.27. The van der Waals surface area contributed by atoms with Crippen molar-refractivity contribution >= 4 is 27.5 Å². The number of thiophene rings is 1. The van der Waals surface area contributed by atoms with Crippen molar-refractivity contribution in [1.82, 2.24) is 14.5 Å². The summed E-state index contributed by atoms with van der Waals surface area (Å²) in [5, 5.41) is 4.53. The first-order valence-electron chi connectivity index (χ1n) is 7.98.